The largest absolute Gasteiger partial charge is 0.390 e. The number of nitro groups is 1. The molecule has 1 unspecified atom stereocenters. The van der Waals surface area contributed by atoms with Gasteiger partial charge in [0.15, 0.2) is 0 Å². The van der Waals surface area contributed by atoms with Crippen molar-refractivity contribution < 1.29 is 14.1 Å². The minimum atomic E-state index is -0.619. The van der Waals surface area contributed by atoms with Gasteiger partial charge in [0.2, 0.25) is 5.91 Å². The van der Waals surface area contributed by atoms with E-state index in [1.807, 2.05) is 0 Å². The Morgan fingerprint density at radius 3 is 2.57 bits per heavy atom. The zero-order chi connectivity index (χ0) is 20.4. The molecular weight excluding hydrogens is 389 g/mol. The maximum absolute atomic E-state index is 13.2. The lowest BCUT2D eigenvalue weighted by atomic mass is 10.2. The van der Waals surface area contributed by atoms with Gasteiger partial charge in [-0.2, -0.15) is 4.68 Å². The summed E-state index contributed by atoms with van der Waals surface area (Å²) in [6, 6.07) is 5.09. The van der Waals surface area contributed by atoms with E-state index in [0.717, 1.165) is 5.56 Å². The molecule has 0 spiro atoms. The predicted molar refractivity (Wildman–Crippen MR) is 102 cm³/mol. The van der Waals surface area contributed by atoms with E-state index in [9.17, 15) is 19.3 Å². The van der Waals surface area contributed by atoms with Crippen LogP contribution in [0, 0.1) is 22.9 Å². The average Bonchev–Trinajstić information content (AvgIpc) is 3.05. The van der Waals surface area contributed by atoms with Gasteiger partial charge in [-0.25, -0.2) is 4.39 Å². The third-order valence-electron chi connectivity index (χ3n) is 4.91. The monoisotopic (exact) mass is 409 g/mol. The number of carbonyl (C=O) groups excluding carboxylic acids is 1. The van der Waals surface area contributed by atoms with Gasteiger partial charge in [0.25, 0.3) is 0 Å². The molecule has 0 bridgehead atoms. The van der Waals surface area contributed by atoms with Gasteiger partial charge < -0.3 is 15.0 Å². The molecule has 1 aromatic carbocycles. The lowest BCUT2D eigenvalue weighted by Crippen LogP contribution is -2.50. The van der Waals surface area contributed by atoms with Crippen LogP contribution in [-0.4, -0.2) is 56.6 Å². The third kappa shape index (κ3) is 4.31. The van der Waals surface area contributed by atoms with Gasteiger partial charge in [-0.3, -0.25) is 9.69 Å². The summed E-state index contributed by atoms with van der Waals surface area (Å²) in [5.74, 6) is -0.758. The summed E-state index contributed by atoms with van der Waals surface area (Å²) in [7, 11) is 0. The van der Waals surface area contributed by atoms with Crippen molar-refractivity contribution in [1.82, 2.24) is 19.6 Å². The number of piperazine rings is 1. The van der Waals surface area contributed by atoms with Gasteiger partial charge in [-0.1, -0.05) is 17.7 Å². The van der Waals surface area contributed by atoms with Gasteiger partial charge >= 0.3 is 5.82 Å². The van der Waals surface area contributed by atoms with Crippen LogP contribution in [0.4, 0.5) is 10.2 Å². The highest BCUT2D eigenvalue weighted by atomic mass is 35.5. The first-order chi connectivity index (χ1) is 13.3. The lowest BCUT2D eigenvalue weighted by Gasteiger charge is -2.35. The molecule has 1 aliphatic rings. The Morgan fingerprint density at radius 2 is 2.00 bits per heavy atom. The molecule has 8 nitrogen and oxygen atoms in total. The number of benzene rings is 1. The highest BCUT2D eigenvalue weighted by Gasteiger charge is 2.30. The van der Waals surface area contributed by atoms with Gasteiger partial charge in [0.05, 0.1) is 16.9 Å². The first-order valence-corrected chi connectivity index (χ1v) is 9.29. The molecule has 2 aromatic rings. The Kier molecular flexibility index (Phi) is 5.95. The second-order valence-corrected chi connectivity index (χ2v) is 7.27. The minimum absolute atomic E-state index is 0.124. The van der Waals surface area contributed by atoms with Gasteiger partial charge in [-0.05, 0) is 36.5 Å². The molecule has 28 heavy (non-hydrogen) atoms. The van der Waals surface area contributed by atoms with E-state index in [1.54, 1.807) is 24.8 Å². The second-order valence-electron chi connectivity index (χ2n) is 6.86. The quantitative estimate of drug-likeness (QED) is 0.560. The zero-order valence-electron chi connectivity index (χ0n) is 15.6. The normalized spacial score (nSPS) is 16.2. The Hall–Kier alpha value is -2.52. The SMILES string of the molecule is Cc1cc([N+](=O)[O-])nn1C(C)C(=O)N1CCN(Cc2ccc(F)cc2Cl)CC1. The van der Waals surface area contributed by atoms with Crippen LogP contribution in [0.3, 0.4) is 0 Å². The van der Waals surface area contributed by atoms with Gasteiger partial charge in [-0.15, -0.1) is 0 Å². The molecule has 2 heterocycles. The average molecular weight is 410 g/mol. The fourth-order valence-corrected chi connectivity index (χ4v) is 3.57. The van der Waals surface area contributed by atoms with E-state index in [0.29, 0.717) is 43.4 Å². The fraction of sp³-hybridized carbons (Fsp3) is 0.444. The van der Waals surface area contributed by atoms with Crippen LogP contribution < -0.4 is 0 Å². The summed E-state index contributed by atoms with van der Waals surface area (Å²) in [4.78, 5) is 27.0. The zero-order valence-corrected chi connectivity index (χ0v) is 16.4. The van der Waals surface area contributed by atoms with E-state index in [1.165, 1.54) is 22.9 Å². The molecular formula is C18H21ClFN5O3. The minimum Gasteiger partial charge on any atom is -0.358 e. The molecule has 1 atom stereocenters. The summed E-state index contributed by atoms with van der Waals surface area (Å²) in [5, 5.41) is 15.2. The first-order valence-electron chi connectivity index (χ1n) is 8.92. The summed E-state index contributed by atoms with van der Waals surface area (Å²) in [6.45, 7) is 6.34. The molecule has 1 saturated heterocycles. The number of hydrogen-bond acceptors (Lipinski definition) is 5. The topological polar surface area (TPSA) is 84.5 Å². The molecule has 3 rings (SSSR count). The summed E-state index contributed by atoms with van der Waals surface area (Å²) < 4.78 is 14.6. The summed E-state index contributed by atoms with van der Waals surface area (Å²) >= 11 is 6.09. The van der Waals surface area contributed by atoms with E-state index in [-0.39, 0.29) is 17.5 Å². The Labute approximate surface area is 166 Å². The fourth-order valence-electron chi connectivity index (χ4n) is 3.34. The van der Waals surface area contributed by atoms with E-state index in [4.69, 9.17) is 11.6 Å². The number of hydrogen-bond donors (Lipinski definition) is 0. The van der Waals surface area contributed by atoms with E-state index < -0.39 is 11.0 Å². The molecule has 1 amide bonds. The molecule has 0 N–H and O–H groups in total. The number of carbonyl (C=O) groups is 1. The molecule has 150 valence electrons. The maximum Gasteiger partial charge on any atom is 0.390 e. The van der Waals surface area contributed by atoms with Crippen molar-refractivity contribution in [3.8, 4) is 0 Å². The van der Waals surface area contributed by atoms with Crippen molar-refractivity contribution in [3.63, 3.8) is 0 Å². The maximum atomic E-state index is 13.2. The van der Waals surface area contributed by atoms with Crippen LogP contribution in [0.1, 0.15) is 24.2 Å². The van der Waals surface area contributed by atoms with Crippen molar-refractivity contribution in [2.75, 3.05) is 26.2 Å². The third-order valence-corrected chi connectivity index (χ3v) is 5.27. The van der Waals surface area contributed by atoms with E-state index in [2.05, 4.69) is 10.00 Å². The van der Waals surface area contributed by atoms with Crippen LogP contribution in [-0.2, 0) is 11.3 Å². The van der Waals surface area contributed by atoms with Crippen molar-refractivity contribution in [2.24, 2.45) is 0 Å². The molecule has 0 saturated carbocycles. The summed E-state index contributed by atoms with van der Waals surface area (Å²) in [6.07, 6.45) is 0. The predicted octanol–water partition coefficient (Wildman–Crippen LogP) is 2.80. The lowest BCUT2D eigenvalue weighted by molar-refractivity contribution is -0.389. The highest BCUT2D eigenvalue weighted by molar-refractivity contribution is 6.31. The van der Waals surface area contributed by atoms with Crippen LogP contribution in [0.15, 0.2) is 24.3 Å². The smallest absolute Gasteiger partial charge is 0.358 e. The molecule has 1 aromatic heterocycles. The molecule has 10 heteroatoms. The molecule has 1 aliphatic heterocycles. The standard InChI is InChI=1S/C18H21ClFN5O3/c1-12-9-17(25(27)28)21-24(12)13(2)18(26)23-7-5-22(6-8-23)11-14-3-4-15(20)10-16(14)19/h3-4,9-10,13H,5-8,11H2,1-2H3. The Morgan fingerprint density at radius 1 is 1.32 bits per heavy atom. The van der Waals surface area contributed by atoms with Crippen molar-refractivity contribution >= 4 is 23.3 Å². The Balaban J connectivity index is 1.59. The van der Waals surface area contributed by atoms with Crippen LogP contribution in [0.2, 0.25) is 5.02 Å². The first kappa shape index (κ1) is 20.2. The van der Waals surface area contributed by atoms with Crippen LogP contribution >= 0.6 is 11.6 Å². The number of halogens is 2. The van der Waals surface area contributed by atoms with Crippen molar-refractivity contribution in [1.29, 1.82) is 0 Å². The molecule has 1 fully saturated rings. The number of aromatic nitrogens is 2. The number of aryl methyl sites for hydroxylation is 1. The second kappa shape index (κ2) is 8.24. The van der Waals surface area contributed by atoms with Gasteiger partial charge in [0, 0.05) is 37.7 Å². The van der Waals surface area contributed by atoms with Crippen LogP contribution in [0.25, 0.3) is 0 Å². The summed E-state index contributed by atoms with van der Waals surface area (Å²) in [5.41, 5.74) is 1.41. The van der Waals surface area contributed by atoms with Gasteiger partial charge in [0.1, 0.15) is 11.9 Å². The Bertz CT molecular complexity index is 895. The molecule has 0 radical (unpaired) electrons. The highest BCUT2D eigenvalue weighted by Crippen LogP contribution is 2.21. The van der Waals surface area contributed by atoms with Crippen LogP contribution in [0.5, 0.6) is 0 Å². The van der Waals surface area contributed by atoms with Crippen molar-refractivity contribution in [2.45, 2.75) is 26.4 Å². The number of amides is 1. The van der Waals surface area contributed by atoms with Crippen molar-refractivity contribution in [3.05, 3.63) is 56.5 Å². The molecule has 0 aliphatic carbocycles. The number of nitrogens with zero attached hydrogens (tertiary/aromatic N) is 5. The number of rotatable bonds is 5. The van der Waals surface area contributed by atoms with E-state index >= 15 is 0 Å².